The van der Waals surface area contributed by atoms with Gasteiger partial charge in [0.1, 0.15) is 18.1 Å². The summed E-state index contributed by atoms with van der Waals surface area (Å²) in [5.74, 6) is 1.76. The van der Waals surface area contributed by atoms with E-state index in [2.05, 4.69) is 31.3 Å². The van der Waals surface area contributed by atoms with Crippen LogP contribution in [0.4, 0.5) is 5.69 Å². The lowest BCUT2D eigenvalue weighted by atomic mass is 10.2. The van der Waals surface area contributed by atoms with E-state index in [-0.39, 0.29) is 6.10 Å². The topological polar surface area (TPSA) is 39.7 Å². The average molecular weight is 343 g/mol. The third kappa shape index (κ3) is 7.06. The predicted molar refractivity (Wildman–Crippen MR) is 103 cm³/mol. The number of hydrogen-bond acceptors (Lipinski definition) is 4. The minimum absolute atomic E-state index is 0.223. The highest BCUT2D eigenvalue weighted by Gasteiger charge is 2.03. The summed E-state index contributed by atoms with van der Waals surface area (Å²) in [6.45, 7) is 8.81. The van der Waals surface area contributed by atoms with E-state index in [4.69, 9.17) is 14.2 Å². The first-order chi connectivity index (χ1) is 12.2. The normalized spacial score (nSPS) is 11.8. The van der Waals surface area contributed by atoms with E-state index in [0.29, 0.717) is 19.8 Å². The molecule has 4 heteroatoms. The highest BCUT2D eigenvalue weighted by molar-refractivity contribution is 5.48. The molecule has 136 valence electrons. The van der Waals surface area contributed by atoms with Crippen molar-refractivity contribution in [1.29, 1.82) is 0 Å². The van der Waals surface area contributed by atoms with Crippen LogP contribution in [0.2, 0.25) is 0 Å². The maximum Gasteiger partial charge on any atom is 0.121 e. The lowest BCUT2D eigenvalue weighted by Crippen LogP contribution is -2.10. The van der Waals surface area contributed by atoms with E-state index in [1.807, 2.05) is 43.3 Å². The van der Waals surface area contributed by atoms with Crippen LogP contribution >= 0.6 is 0 Å². The van der Waals surface area contributed by atoms with Gasteiger partial charge in [0.05, 0.1) is 12.7 Å². The molecular formula is C21H29NO3. The van der Waals surface area contributed by atoms with Gasteiger partial charge in [0, 0.05) is 24.9 Å². The predicted octanol–water partition coefficient (Wildman–Crippen LogP) is 4.89. The quantitative estimate of drug-likeness (QED) is 0.590. The molecule has 4 nitrogen and oxygen atoms in total. The zero-order valence-corrected chi connectivity index (χ0v) is 15.5. The second-order valence-corrected chi connectivity index (χ2v) is 5.91. The Bertz CT molecular complexity index is 630. The molecule has 1 unspecified atom stereocenters. The van der Waals surface area contributed by atoms with E-state index in [9.17, 15) is 0 Å². The van der Waals surface area contributed by atoms with Gasteiger partial charge in [0.25, 0.3) is 0 Å². The summed E-state index contributed by atoms with van der Waals surface area (Å²) < 4.78 is 16.9. The summed E-state index contributed by atoms with van der Waals surface area (Å²) in [4.78, 5) is 0. The molecule has 0 aliphatic heterocycles. The molecule has 0 aliphatic carbocycles. The Morgan fingerprint density at radius 2 is 1.76 bits per heavy atom. The lowest BCUT2D eigenvalue weighted by molar-refractivity contribution is 0.110. The van der Waals surface area contributed by atoms with Crippen LogP contribution < -0.4 is 14.8 Å². The second-order valence-electron chi connectivity index (χ2n) is 5.91. The van der Waals surface area contributed by atoms with Crippen molar-refractivity contribution in [2.45, 2.75) is 39.8 Å². The SMILES string of the molecule is CCOCCOc1cccc(CNc2cccc(OC(C)CC)c2)c1. The van der Waals surface area contributed by atoms with E-state index >= 15 is 0 Å². The van der Waals surface area contributed by atoms with E-state index in [1.165, 1.54) is 5.56 Å². The zero-order chi connectivity index (χ0) is 17.9. The van der Waals surface area contributed by atoms with Crippen LogP contribution in [0.1, 0.15) is 32.8 Å². The van der Waals surface area contributed by atoms with Crippen LogP contribution in [0, 0.1) is 0 Å². The van der Waals surface area contributed by atoms with Crippen LogP contribution in [0.15, 0.2) is 48.5 Å². The Morgan fingerprint density at radius 1 is 0.960 bits per heavy atom. The summed E-state index contributed by atoms with van der Waals surface area (Å²) >= 11 is 0. The van der Waals surface area contributed by atoms with Crippen molar-refractivity contribution in [1.82, 2.24) is 0 Å². The minimum atomic E-state index is 0.223. The Hall–Kier alpha value is -2.20. The van der Waals surface area contributed by atoms with Gasteiger partial charge in [-0.3, -0.25) is 0 Å². The first-order valence-electron chi connectivity index (χ1n) is 9.01. The molecule has 0 bridgehead atoms. The summed E-state index contributed by atoms with van der Waals surface area (Å²) in [7, 11) is 0. The third-order valence-electron chi connectivity index (χ3n) is 3.84. The van der Waals surface area contributed by atoms with E-state index < -0.39 is 0 Å². The van der Waals surface area contributed by atoms with Gasteiger partial charge in [0.15, 0.2) is 0 Å². The Kier molecular flexibility index (Phi) is 8.13. The van der Waals surface area contributed by atoms with Gasteiger partial charge in [-0.05, 0) is 50.1 Å². The molecule has 0 heterocycles. The maximum absolute atomic E-state index is 5.87. The van der Waals surface area contributed by atoms with Crippen molar-refractivity contribution in [2.75, 3.05) is 25.1 Å². The van der Waals surface area contributed by atoms with Gasteiger partial charge in [-0.1, -0.05) is 25.1 Å². The Balaban J connectivity index is 1.87. The number of nitrogens with one attached hydrogen (secondary N) is 1. The monoisotopic (exact) mass is 343 g/mol. The number of benzene rings is 2. The fourth-order valence-corrected chi connectivity index (χ4v) is 2.31. The highest BCUT2D eigenvalue weighted by Crippen LogP contribution is 2.20. The molecule has 0 saturated carbocycles. The lowest BCUT2D eigenvalue weighted by Gasteiger charge is -2.14. The van der Waals surface area contributed by atoms with Crippen molar-refractivity contribution in [2.24, 2.45) is 0 Å². The molecule has 0 saturated heterocycles. The Labute approximate surface area is 151 Å². The minimum Gasteiger partial charge on any atom is -0.491 e. The molecule has 1 N–H and O–H groups in total. The van der Waals surface area contributed by atoms with Gasteiger partial charge in [-0.15, -0.1) is 0 Å². The van der Waals surface area contributed by atoms with E-state index in [1.54, 1.807) is 0 Å². The molecular weight excluding hydrogens is 314 g/mol. The first kappa shape index (κ1) is 19.1. The molecule has 0 spiro atoms. The number of hydrogen-bond donors (Lipinski definition) is 1. The van der Waals surface area contributed by atoms with Gasteiger partial charge in [0.2, 0.25) is 0 Å². The van der Waals surface area contributed by atoms with Crippen LogP contribution in [-0.2, 0) is 11.3 Å². The van der Waals surface area contributed by atoms with Gasteiger partial charge >= 0.3 is 0 Å². The average Bonchev–Trinajstić information content (AvgIpc) is 2.64. The van der Waals surface area contributed by atoms with Gasteiger partial charge < -0.3 is 19.5 Å². The molecule has 25 heavy (non-hydrogen) atoms. The van der Waals surface area contributed by atoms with Crippen LogP contribution in [0.25, 0.3) is 0 Å². The molecule has 0 amide bonds. The van der Waals surface area contributed by atoms with Crippen LogP contribution in [0.3, 0.4) is 0 Å². The van der Waals surface area contributed by atoms with Crippen molar-refractivity contribution in [3.8, 4) is 11.5 Å². The summed E-state index contributed by atoms with van der Waals surface area (Å²) in [6.07, 6.45) is 1.22. The molecule has 0 aromatic heterocycles. The second kappa shape index (κ2) is 10.6. The van der Waals surface area contributed by atoms with Gasteiger partial charge in [-0.2, -0.15) is 0 Å². The first-order valence-corrected chi connectivity index (χ1v) is 9.01. The highest BCUT2D eigenvalue weighted by atomic mass is 16.5. The standard InChI is InChI=1S/C21H29NO3/c1-4-17(3)25-21-11-7-9-19(15-21)22-16-18-8-6-10-20(14-18)24-13-12-23-5-2/h6-11,14-15,17,22H,4-5,12-13,16H2,1-3H3. The molecule has 0 aliphatic rings. The van der Waals surface area contributed by atoms with E-state index in [0.717, 1.165) is 30.2 Å². The largest absolute Gasteiger partial charge is 0.491 e. The maximum atomic E-state index is 5.87. The fourth-order valence-electron chi connectivity index (χ4n) is 2.31. The van der Waals surface area contributed by atoms with Gasteiger partial charge in [-0.25, -0.2) is 0 Å². The van der Waals surface area contributed by atoms with Crippen molar-refractivity contribution >= 4 is 5.69 Å². The summed E-state index contributed by atoms with van der Waals surface area (Å²) in [5, 5.41) is 3.44. The van der Waals surface area contributed by atoms with Crippen LogP contribution in [-0.4, -0.2) is 25.9 Å². The van der Waals surface area contributed by atoms with Crippen LogP contribution in [0.5, 0.6) is 11.5 Å². The van der Waals surface area contributed by atoms with Crippen molar-refractivity contribution in [3.05, 3.63) is 54.1 Å². The molecule has 2 rings (SSSR count). The molecule has 0 radical (unpaired) electrons. The number of ether oxygens (including phenoxy) is 3. The summed E-state index contributed by atoms with van der Waals surface area (Å²) in [5.41, 5.74) is 2.21. The Morgan fingerprint density at radius 3 is 2.56 bits per heavy atom. The number of rotatable bonds is 11. The molecule has 2 aromatic carbocycles. The third-order valence-corrected chi connectivity index (χ3v) is 3.84. The number of anilines is 1. The van der Waals surface area contributed by atoms with Crippen molar-refractivity contribution < 1.29 is 14.2 Å². The zero-order valence-electron chi connectivity index (χ0n) is 15.5. The molecule has 1 atom stereocenters. The molecule has 0 fully saturated rings. The van der Waals surface area contributed by atoms with Crippen molar-refractivity contribution in [3.63, 3.8) is 0 Å². The molecule has 2 aromatic rings. The smallest absolute Gasteiger partial charge is 0.121 e. The fraction of sp³-hybridized carbons (Fsp3) is 0.429. The summed E-state index contributed by atoms with van der Waals surface area (Å²) in [6, 6.07) is 16.2.